The average Bonchev–Trinajstić information content (AvgIpc) is 3.08. The molecule has 2 heterocycles. The molecule has 0 radical (unpaired) electrons. The number of imidazole rings is 1. The van der Waals surface area contributed by atoms with Gasteiger partial charge in [-0.25, -0.2) is 4.98 Å². The van der Waals surface area contributed by atoms with E-state index in [1.807, 2.05) is 31.4 Å². The maximum atomic E-state index is 12.9. The summed E-state index contributed by atoms with van der Waals surface area (Å²) < 4.78 is 7.89. The van der Waals surface area contributed by atoms with Crippen LogP contribution in [-0.2, 0) is 22.6 Å². The van der Waals surface area contributed by atoms with Crippen molar-refractivity contribution in [2.75, 3.05) is 13.7 Å². The Labute approximate surface area is 149 Å². The lowest BCUT2D eigenvalue weighted by Crippen LogP contribution is -2.42. The summed E-state index contributed by atoms with van der Waals surface area (Å²) in [5, 5.41) is 0. The van der Waals surface area contributed by atoms with Gasteiger partial charge in [-0.05, 0) is 24.8 Å². The van der Waals surface area contributed by atoms with Crippen LogP contribution in [0.15, 0.2) is 42.7 Å². The highest BCUT2D eigenvalue weighted by molar-refractivity contribution is 5.79. The third kappa shape index (κ3) is 4.28. The van der Waals surface area contributed by atoms with Crippen LogP contribution in [0.4, 0.5) is 0 Å². The van der Waals surface area contributed by atoms with Crippen LogP contribution >= 0.6 is 0 Å². The second-order valence-electron chi connectivity index (χ2n) is 6.72. The monoisotopic (exact) mass is 341 g/mol. The zero-order valence-corrected chi connectivity index (χ0v) is 15.1. The standard InChI is InChI=1S/C20H27N3O2/c1-3-18-17(10-7-13-25-18)20(24)22(2)15-19-21-11-12-23(19)14-16-8-5-4-6-9-16/h4-6,8-9,11-12,17-18H,3,7,10,13-15H2,1-2H3/t17-,18+/m1/s1. The van der Waals surface area contributed by atoms with Gasteiger partial charge in [0, 0.05) is 32.6 Å². The molecule has 1 saturated heterocycles. The maximum Gasteiger partial charge on any atom is 0.228 e. The normalized spacial score (nSPS) is 20.4. The van der Waals surface area contributed by atoms with Gasteiger partial charge in [0.15, 0.2) is 0 Å². The van der Waals surface area contributed by atoms with Crippen molar-refractivity contribution in [3.8, 4) is 0 Å². The molecule has 1 amide bonds. The van der Waals surface area contributed by atoms with E-state index >= 15 is 0 Å². The van der Waals surface area contributed by atoms with Crippen LogP contribution in [0.3, 0.4) is 0 Å². The van der Waals surface area contributed by atoms with E-state index in [0.29, 0.717) is 6.54 Å². The third-order valence-electron chi connectivity index (χ3n) is 4.91. The van der Waals surface area contributed by atoms with Gasteiger partial charge in [-0.3, -0.25) is 4.79 Å². The van der Waals surface area contributed by atoms with Gasteiger partial charge in [0.05, 0.1) is 18.6 Å². The number of hydrogen-bond donors (Lipinski definition) is 0. The number of carbonyl (C=O) groups excluding carboxylic acids is 1. The molecule has 1 aromatic carbocycles. The Kier molecular flexibility index (Phi) is 5.87. The van der Waals surface area contributed by atoms with Crippen molar-refractivity contribution in [2.24, 2.45) is 5.92 Å². The number of nitrogens with zero attached hydrogens (tertiary/aromatic N) is 3. The number of amides is 1. The Bertz CT molecular complexity index is 683. The van der Waals surface area contributed by atoms with E-state index in [4.69, 9.17) is 4.74 Å². The summed E-state index contributed by atoms with van der Waals surface area (Å²) in [5.74, 6) is 1.05. The summed E-state index contributed by atoms with van der Waals surface area (Å²) in [6.45, 7) is 4.14. The van der Waals surface area contributed by atoms with E-state index in [1.165, 1.54) is 5.56 Å². The molecule has 1 aliphatic rings. The molecule has 2 atom stereocenters. The minimum atomic E-state index is -0.0266. The lowest BCUT2D eigenvalue weighted by atomic mass is 9.91. The average molecular weight is 341 g/mol. The topological polar surface area (TPSA) is 47.4 Å². The summed E-state index contributed by atoms with van der Waals surface area (Å²) in [5.41, 5.74) is 1.22. The highest BCUT2D eigenvalue weighted by Crippen LogP contribution is 2.25. The van der Waals surface area contributed by atoms with Crippen molar-refractivity contribution < 1.29 is 9.53 Å². The zero-order valence-electron chi connectivity index (χ0n) is 15.1. The van der Waals surface area contributed by atoms with Crippen LogP contribution in [0.1, 0.15) is 37.6 Å². The highest BCUT2D eigenvalue weighted by atomic mass is 16.5. The summed E-state index contributed by atoms with van der Waals surface area (Å²) >= 11 is 0. The van der Waals surface area contributed by atoms with E-state index in [0.717, 1.165) is 38.2 Å². The number of benzene rings is 1. The number of ether oxygens (including phenoxy) is 1. The molecule has 5 nitrogen and oxygen atoms in total. The van der Waals surface area contributed by atoms with Crippen LogP contribution in [0.5, 0.6) is 0 Å². The number of carbonyl (C=O) groups is 1. The molecular formula is C20H27N3O2. The predicted molar refractivity (Wildman–Crippen MR) is 97.0 cm³/mol. The van der Waals surface area contributed by atoms with Gasteiger partial charge in [0.2, 0.25) is 5.91 Å². The fourth-order valence-corrected chi connectivity index (χ4v) is 3.51. The second-order valence-corrected chi connectivity index (χ2v) is 6.72. The van der Waals surface area contributed by atoms with Gasteiger partial charge in [-0.15, -0.1) is 0 Å². The Morgan fingerprint density at radius 3 is 2.92 bits per heavy atom. The molecule has 1 aliphatic heterocycles. The lowest BCUT2D eigenvalue weighted by Gasteiger charge is -2.32. The molecule has 0 bridgehead atoms. The van der Waals surface area contributed by atoms with E-state index in [2.05, 4.69) is 28.6 Å². The Balaban J connectivity index is 1.66. The van der Waals surface area contributed by atoms with E-state index in [-0.39, 0.29) is 17.9 Å². The van der Waals surface area contributed by atoms with Gasteiger partial charge < -0.3 is 14.2 Å². The molecule has 0 unspecified atom stereocenters. The van der Waals surface area contributed by atoms with Crippen LogP contribution in [0.2, 0.25) is 0 Å². The van der Waals surface area contributed by atoms with Gasteiger partial charge in [0.25, 0.3) is 0 Å². The number of aromatic nitrogens is 2. The van der Waals surface area contributed by atoms with Gasteiger partial charge in [-0.2, -0.15) is 0 Å². The van der Waals surface area contributed by atoms with E-state index < -0.39 is 0 Å². The first-order valence-corrected chi connectivity index (χ1v) is 9.09. The molecule has 3 rings (SSSR count). The minimum absolute atomic E-state index is 0.0266. The first kappa shape index (κ1) is 17.7. The molecule has 2 aromatic rings. The fourth-order valence-electron chi connectivity index (χ4n) is 3.51. The van der Waals surface area contributed by atoms with Crippen molar-refractivity contribution in [2.45, 2.75) is 45.4 Å². The molecule has 0 spiro atoms. The zero-order chi connectivity index (χ0) is 17.6. The molecule has 0 saturated carbocycles. The van der Waals surface area contributed by atoms with Gasteiger partial charge in [0.1, 0.15) is 5.82 Å². The van der Waals surface area contributed by atoms with Crippen LogP contribution < -0.4 is 0 Å². The highest BCUT2D eigenvalue weighted by Gasteiger charge is 2.32. The van der Waals surface area contributed by atoms with Crippen molar-refractivity contribution in [1.82, 2.24) is 14.5 Å². The SMILES string of the molecule is CC[C@@H]1OCCC[C@H]1C(=O)N(C)Cc1nccn1Cc1ccccc1. The van der Waals surface area contributed by atoms with E-state index in [9.17, 15) is 4.79 Å². The molecule has 5 heteroatoms. The summed E-state index contributed by atoms with van der Waals surface area (Å²) in [7, 11) is 1.87. The van der Waals surface area contributed by atoms with Crippen LogP contribution in [0, 0.1) is 5.92 Å². The quantitative estimate of drug-likeness (QED) is 0.811. The van der Waals surface area contributed by atoms with Gasteiger partial charge >= 0.3 is 0 Å². The second kappa shape index (κ2) is 8.30. The summed E-state index contributed by atoms with van der Waals surface area (Å²) in [6, 6.07) is 10.3. The van der Waals surface area contributed by atoms with Crippen molar-refractivity contribution >= 4 is 5.91 Å². The molecular weight excluding hydrogens is 314 g/mol. The Morgan fingerprint density at radius 1 is 1.36 bits per heavy atom. The Hall–Kier alpha value is -2.14. The first-order valence-electron chi connectivity index (χ1n) is 9.09. The number of rotatable bonds is 6. The molecule has 134 valence electrons. The van der Waals surface area contributed by atoms with Crippen LogP contribution in [-0.4, -0.2) is 40.1 Å². The van der Waals surface area contributed by atoms with E-state index in [1.54, 1.807) is 11.1 Å². The van der Waals surface area contributed by atoms with Crippen molar-refractivity contribution in [1.29, 1.82) is 0 Å². The predicted octanol–water partition coefficient (Wildman–Crippen LogP) is 3.10. The number of hydrogen-bond acceptors (Lipinski definition) is 3. The summed E-state index contributed by atoms with van der Waals surface area (Å²) in [4.78, 5) is 19.1. The summed E-state index contributed by atoms with van der Waals surface area (Å²) in [6.07, 6.45) is 6.58. The molecule has 1 fully saturated rings. The Morgan fingerprint density at radius 2 is 2.16 bits per heavy atom. The molecule has 0 N–H and O–H groups in total. The lowest BCUT2D eigenvalue weighted by molar-refractivity contribution is -0.144. The van der Waals surface area contributed by atoms with Crippen LogP contribution in [0.25, 0.3) is 0 Å². The fraction of sp³-hybridized carbons (Fsp3) is 0.500. The third-order valence-corrected chi connectivity index (χ3v) is 4.91. The molecule has 1 aromatic heterocycles. The maximum absolute atomic E-state index is 12.9. The van der Waals surface area contributed by atoms with Crippen molar-refractivity contribution in [3.63, 3.8) is 0 Å². The molecule has 0 aliphatic carbocycles. The smallest absolute Gasteiger partial charge is 0.228 e. The van der Waals surface area contributed by atoms with Gasteiger partial charge in [-0.1, -0.05) is 37.3 Å². The minimum Gasteiger partial charge on any atom is -0.377 e. The first-order chi connectivity index (χ1) is 12.2. The van der Waals surface area contributed by atoms with Crippen molar-refractivity contribution in [3.05, 3.63) is 54.1 Å². The molecule has 25 heavy (non-hydrogen) atoms. The largest absolute Gasteiger partial charge is 0.377 e.